The number of benzene rings is 1. The Balaban J connectivity index is 1.93. The van der Waals surface area contributed by atoms with Crippen LogP contribution in [0.2, 0.25) is 0 Å². The third-order valence-corrected chi connectivity index (χ3v) is 6.47. The monoisotopic (exact) mass is 411 g/mol. The smallest absolute Gasteiger partial charge is 0.243 e. The van der Waals surface area contributed by atoms with Crippen LogP contribution in [0.25, 0.3) is 0 Å². The average Bonchev–Trinajstić information content (AvgIpc) is 3.20. The van der Waals surface area contributed by atoms with Gasteiger partial charge in [-0.25, -0.2) is 8.42 Å². The number of thiophene rings is 1. The molecule has 4 nitrogen and oxygen atoms in total. The van der Waals surface area contributed by atoms with E-state index in [-0.39, 0.29) is 11.4 Å². The van der Waals surface area contributed by atoms with Crippen LogP contribution in [0.4, 0.5) is 0 Å². The first-order chi connectivity index (χ1) is 11.1. The molecule has 0 spiro atoms. The highest BCUT2D eigenvalue weighted by atomic mass is 79.9. The van der Waals surface area contributed by atoms with Crippen LogP contribution in [-0.4, -0.2) is 12.7 Å². The first-order valence-corrected chi connectivity index (χ1v) is 9.97. The van der Waals surface area contributed by atoms with Gasteiger partial charge in [-0.2, -0.15) is 4.31 Å². The second-order valence-corrected chi connectivity index (χ2v) is 8.77. The summed E-state index contributed by atoms with van der Waals surface area (Å²) in [6.07, 6.45) is 1.55. The summed E-state index contributed by atoms with van der Waals surface area (Å²) >= 11 is 4.86. The molecule has 0 unspecified atom stereocenters. The van der Waals surface area contributed by atoms with E-state index in [2.05, 4.69) is 15.9 Å². The molecule has 0 aliphatic rings. The fourth-order valence-corrected chi connectivity index (χ4v) is 4.58. The maximum Gasteiger partial charge on any atom is 0.243 e. The molecule has 3 rings (SSSR count). The molecular formula is C16H14BrNO3S2. The van der Waals surface area contributed by atoms with Crippen molar-refractivity contribution in [1.29, 1.82) is 0 Å². The van der Waals surface area contributed by atoms with Gasteiger partial charge in [0, 0.05) is 15.9 Å². The van der Waals surface area contributed by atoms with Crippen LogP contribution in [-0.2, 0) is 23.1 Å². The van der Waals surface area contributed by atoms with Gasteiger partial charge in [0.05, 0.1) is 17.7 Å². The van der Waals surface area contributed by atoms with Crippen LogP contribution in [0.1, 0.15) is 10.6 Å². The number of hydrogen-bond acceptors (Lipinski definition) is 4. The Kier molecular flexibility index (Phi) is 5.01. The molecule has 2 aromatic heterocycles. The van der Waals surface area contributed by atoms with Gasteiger partial charge in [-0.05, 0) is 47.8 Å². The van der Waals surface area contributed by atoms with E-state index < -0.39 is 10.0 Å². The van der Waals surface area contributed by atoms with Crippen LogP contribution in [0.5, 0.6) is 0 Å². The van der Waals surface area contributed by atoms with Crippen LogP contribution < -0.4 is 0 Å². The van der Waals surface area contributed by atoms with Crippen molar-refractivity contribution in [3.05, 3.63) is 75.3 Å². The Hall–Kier alpha value is -1.41. The van der Waals surface area contributed by atoms with Gasteiger partial charge >= 0.3 is 0 Å². The van der Waals surface area contributed by atoms with E-state index in [1.54, 1.807) is 42.7 Å². The second kappa shape index (κ2) is 7.00. The summed E-state index contributed by atoms with van der Waals surface area (Å²) in [5.74, 6) is 0.613. The second-order valence-electron chi connectivity index (χ2n) is 4.89. The lowest BCUT2D eigenvalue weighted by atomic mass is 10.4. The van der Waals surface area contributed by atoms with Gasteiger partial charge < -0.3 is 4.42 Å². The molecule has 7 heteroatoms. The summed E-state index contributed by atoms with van der Waals surface area (Å²) in [6, 6.07) is 14.0. The lowest BCUT2D eigenvalue weighted by Crippen LogP contribution is -2.29. The largest absolute Gasteiger partial charge is 0.468 e. The van der Waals surface area contributed by atoms with Gasteiger partial charge in [-0.15, -0.1) is 11.3 Å². The lowest BCUT2D eigenvalue weighted by molar-refractivity contribution is 0.360. The summed E-state index contributed by atoms with van der Waals surface area (Å²) in [4.78, 5) is 1.25. The normalized spacial score (nSPS) is 11.9. The Labute approximate surface area is 147 Å². The summed E-state index contributed by atoms with van der Waals surface area (Å²) in [6.45, 7) is 0.514. The molecule has 0 N–H and O–H groups in total. The third kappa shape index (κ3) is 3.92. The van der Waals surface area contributed by atoms with E-state index in [1.165, 1.54) is 15.6 Å². The standard InChI is InChI=1S/C16H14BrNO3S2/c17-13-5-7-16(8-6-13)23(19,20)18(11-14-3-1-9-21-14)12-15-4-2-10-22-15/h1-10H,11-12H2. The topological polar surface area (TPSA) is 50.5 Å². The average molecular weight is 412 g/mol. The van der Waals surface area contributed by atoms with Gasteiger partial charge in [0.25, 0.3) is 0 Å². The molecule has 3 aromatic rings. The minimum atomic E-state index is -3.61. The Morgan fingerprint density at radius 1 is 1.04 bits per heavy atom. The number of rotatable bonds is 6. The van der Waals surface area contributed by atoms with E-state index in [9.17, 15) is 8.42 Å². The molecule has 0 radical (unpaired) electrons. The molecule has 0 bridgehead atoms. The molecule has 0 saturated carbocycles. The number of hydrogen-bond donors (Lipinski definition) is 0. The molecule has 0 fully saturated rings. The van der Waals surface area contributed by atoms with Gasteiger partial charge in [-0.1, -0.05) is 22.0 Å². The molecule has 1 aromatic carbocycles. The maximum absolute atomic E-state index is 13.0. The Morgan fingerprint density at radius 2 is 1.83 bits per heavy atom. The first kappa shape index (κ1) is 16.4. The molecule has 0 atom stereocenters. The minimum absolute atomic E-state index is 0.198. The Morgan fingerprint density at radius 3 is 2.43 bits per heavy atom. The van der Waals surface area contributed by atoms with Crippen molar-refractivity contribution in [1.82, 2.24) is 4.31 Å². The minimum Gasteiger partial charge on any atom is -0.468 e. The van der Waals surface area contributed by atoms with E-state index in [1.807, 2.05) is 17.5 Å². The van der Waals surface area contributed by atoms with Crippen molar-refractivity contribution in [2.75, 3.05) is 0 Å². The first-order valence-electron chi connectivity index (χ1n) is 6.86. The van der Waals surface area contributed by atoms with E-state index in [0.717, 1.165) is 9.35 Å². The molecule has 0 saturated heterocycles. The van der Waals surface area contributed by atoms with Gasteiger partial charge in [-0.3, -0.25) is 0 Å². The summed E-state index contributed by atoms with van der Waals surface area (Å²) in [7, 11) is -3.61. The van der Waals surface area contributed by atoms with Crippen molar-refractivity contribution in [2.24, 2.45) is 0 Å². The molecule has 0 aliphatic carbocycles. The number of sulfonamides is 1. The zero-order chi connectivity index (χ0) is 16.3. The highest BCUT2D eigenvalue weighted by Crippen LogP contribution is 2.24. The van der Waals surface area contributed by atoms with E-state index in [4.69, 9.17) is 4.42 Å². The molecular weight excluding hydrogens is 398 g/mol. The summed E-state index contributed by atoms with van der Waals surface area (Å²) in [5, 5.41) is 1.94. The highest BCUT2D eigenvalue weighted by molar-refractivity contribution is 9.10. The zero-order valence-corrected chi connectivity index (χ0v) is 15.3. The maximum atomic E-state index is 13.0. The quantitative estimate of drug-likeness (QED) is 0.599. The number of halogens is 1. The van der Waals surface area contributed by atoms with Crippen molar-refractivity contribution >= 4 is 37.3 Å². The van der Waals surface area contributed by atoms with Crippen LogP contribution in [0.3, 0.4) is 0 Å². The van der Waals surface area contributed by atoms with Crippen LogP contribution in [0, 0.1) is 0 Å². The molecule has 120 valence electrons. The fraction of sp³-hybridized carbons (Fsp3) is 0.125. The zero-order valence-electron chi connectivity index (χ0n) is 12.1. The summed E-state index contributed by atoms with van der Waals surface area (Å²) < 4.78 is 33.5. The highest BCUT2D eigenvalue weighted by Gasteiger charge is 2.26. The van der Waals surface area contributed by atoms with Crippen LogP contribution >= 0.6 is 27.3 Å². The SMILES string of the molecule is O=S(=O)(c1ccc(Br)cc1)N(Cc1ccco1)Cc1cccs1. The van der Waals surface area contributed by atoms with Crippen molar-refractivity contribution in [3.63, 3.8) is 0 Å². The molecule has 23 heavy (non-hydrogen) atoms. The van der Waals surface area contributed by atoms with Crippen LogP contribution in [0.15, 0.2) is 74.0 Å². The van der Waals surface area contributed by atoms with E-state index >= 15 is 0 Å². The molecule has 0 aliphatic heterocycles. The Bertz CT molecular complexity index is 805. The van der Waals surface area contributed by atoms with Gasteiger partial charge in [0.15, 0.2) is 0 Å². The number of furan rings is 1. The van der Waals surface area contributed by atoms with Gasteiger partial charge in [0.1, 0.15) is 5.76 Å². The van der Waals surface area contributed by atoms with Gasteiger partial charge in [0.2, 0.25) is 10.0 Å². The van der Waals surface area contributed by atoms with Crippen molar-refractivity contribution < 1.29 is 12.8 Å². The predicted octanol–water partition coefficient (Wildman–Crippen LogP) is 4.49. The predicted molar refractivity (Wildman–Crippen MR) is 93.6 cm³/mol. The van der Waals surface area contributed by atoms with Crippen molar-refractivity contribution in [3.8, 4) is 0 Å². The summed E-state index contributed by atoms with van der Waals surface area (Å²) in [5.41, 5.74) is 0. The molecule has 2 heterocycles. The third-order valence-electron chi connectivity index (χ3n) is 3.28. The fourth-order valence-electron chi connectivity index (χ4n) is 2.13. The molecule has 0 amide bonds. The van der Waals surface area contributed by atoms with E-state index in [0.29, 0.717) is 12.3 Å². The van der Waals surface area contributed by atoms with Crippen molar-refractivity contribution in [2.45, 2.75) is 18.0 Å². The lowest BCUT2D eigenvalue weighted by Gasteiger charge is -2.20. The number of nitrogens with zero attached hydrogens (tertiary/aromatic N) is 1.